The molecule has 0 saturated heterocycles. The molecule has 0 saturated carbocycles. The molecule has 0 amide bonds. The highest BCUT2D eigenvalue weighted by Gasteiger charge is 2.58. The van der Waals surface area contributed by atoms with Crippen LogP contribution in [-0.4, -0.2) is 35.8 Å². The summed E-state index contributed by atoms with van der Waals surface area (Å²) in [5.41, 5.74) is -0.165. The average Bonchev–Trinajstić information content (AvgIpc) is 2.99. The Kier molecular flexibility index (Phi) is 10.0. The predicted octanol–water partition coefficient (Wildman–Crippen LogP) is 6.20. The Morgan fingerprint density at radius 2 is 1.24 bits per heavy atom. The molecular formula is C30H34NO8PS2. The summed E-state index contributed by atoms with van der Waals surface area (Å²) in [5, 5.41) is -2.40. The molecule has 1 atom stereocenters. The number of hydrogen-bond acceptors (Lipinski definition) is 8. The van der Waals surface area contributed by atoms with E-state index in [1.807, 2.05) is 13.8 Å². The number of fused-ring (bicyclic) bond motifs is 1. The highest BCUT2D eigenvalue weighted by Crippen LogP contribution is 2.67. The number of benzene rings is 3. The van der Waals surface area contributed by atoms with Gasteiger partial charge >= 0.3 is 7.60 Å². The number of hydrogen-bond donors (Lipinski definition) is 1. The molecule has 0 aliphatic heterocycles. The SMILES string of the molecule is CCCCOP(=O)(OCCCC)C1(NS(=O)(=O)c2ccccc2)C=C(S(=O)(=O)c2ccccc2)C(=O)c2ccccc21. The van der Waals surface area contributed by atoms with Gasteiger partial charge in [0.1, 0.15) is 4.91 Å². The van der Waals surface area contributed by atoms with Crippen LogP contribution in [0.25, 0.3) is 0 Å². The molecule has 1 N–H and O–H groups in total. The van der Waals surface area contributed by atoms with Crippen molar-refractivity contribution < 1.29 is 35.2 Å². The highest BCUT2D eigenvalue weighted by atomic mass is 32.2. The normalized spacial score (nSPS) is 17.5. The topological polar surface area (TPSA) is 133 Å². The van der Waals surface area contributed by atoms with Gasteiger partial charge in [-0.3, -0.25) is 9.36 Å². The summed E-state index contributed by atoms with van der Waals surface area (Å²) in [5.74, 6) is -0.863. The van der Waals surface area contributed by atoms with E-state index >= 15 is 4.57 Å². The summed E-state index contributed by atoms with van der Waals surface area (Å²) in [7, 11) is -13.6. The number of rotatable bonds is 14. The van der Waals surface area contributed by atoms with E-state index < -0.39 is 43.4 Å². The molecule has 4 rings (SSSR count). The third kappa shape index (κ3) is 6.22. The molecule has 0 spiro atoms. The smallest absolute Gasteiger partial charge is 0.307 e. The molecule has 1 unspecified atom stereocenters. The van der Waals surface area contributed by atoms with Gasteiger partial charge in [0.25, 0.3) is 0 Å². The third-order valence-corrected chi connectivity index (χ3v) is 12.6. The van der Waals surface area contributed by atoms with Crippen molar-refractivity contribution in [2.75, 3.05) is 13.2 Å². The Morgan fingerprint density at radius 1 is 0.738 bits per heavy atom. The van der Waals surface area contributed by atoms with Gasteiger partial charge in [0, 0.05) is 11.1 Å². The number of nitrogens with one attached hydrogen (secondary N) is 1. The van der Waals surface area contributed by atoms with Gasteiger partial charge < -0.3 is 9.05 Å². The number of allylic oxidation sites excluding steroid dienone is 1. The van der Waals surface area contributed by atoms with Crippen LogP contribution in [-0.2, 0) is 38.8 Å². The van der Waals surface area contributed by atoms with Crippen LogP contribution in [0.4, 0.5) is 0 Å². The van der Waals surface area contributed by atoms with E-state index in [2.05, 4.69) is 4.72 Å². The second kappa shape index (κ2) is 13.2. The maximum absolute atomic E-state index is 15.1. The van der Waals surface area contributed by atoms with Gasteiger partial charge in [-0.15, -0.1) is 0 Å². The van der Waals surface area contributed by atoms with Crippen LogP contribution in [0.1, 0.15) is 55.5 Å². The van der Waals surface area contributed by atoms with Crippen LogP contribution in [0.2, 0.25) is 0 Å². The molecule has 0 aromatic heterocycles. The van der Waals surface area contributed by atoms with Crippen LogP contribution in [0.15, 0.2) is 106 Å². The summed E-state index contributed by atoms with van der Waals surface area (Å²) in [6.45, 7) is 3.69. The van der Waals surface area contributed by atoms with Crippen molar-refractivity contribution in [2.24, 2.45) is 0 Å². The van der Waals surface area contributed by atoms with Gasteiger partial charge in [-0.1, -0.05) is 87.4 Å². The summed E-state index contributed by atoms with van der Waals surface area (Å²) in [6.07, 6.45) is 3.22. The lowest BCUT2D eigenvalue weighted by molar-refractivity contribution is 0.103. The van der Waals surface area contributed by atoms with Crippen LogP contribution < -0.4 is 4.72 Å². The Morgan fingerprint density at radius 3 is 1.79 bits per heavy atom. The number of Topliss-reactive ketones (excluding diaryl/α,β-unsaturated/α-hetero) is 1. The van der Waals surface area contributed by atoms with Gasteiger partial charge in [-0.25, -0.2) is 16.8 Å². The van der Waals surface area contributed by atoms with Gasteiger partial charge in [0.05, 0.1) is 23.0 Å². The van der Waals surface area contributed by atoms with E-state index in [0.717, 1.165) is 6.08 Å². The van der Waals surface area contributed by atoms with E-state index in [0.29, 0.717) is 25.7 Å². The van der Waals surface area contributed by atoms with Gasteiger partial charge in [-0.2, -0.15) is 4.72 Å². The molecule has 1 aliphatic carbocycles. The van der Waals surface area contributed by atoms with Gasteiger partial charge in [-0.05, 0) is 43.2 Å². The van der Waals surface area contributed by atoms with E-state index in [4.69, 9.17) is 9.05 Å². The van der Waals surface area contributed by atoms with Crippen molar-refractivity contribution in [1.29, 1.82) is 0 Å². The molecule has 12 heteroatoms. The van der Waals surface area contributed by atoms with Crippen LogP contribution in [0.3, 0.4) is 0 Å². The molecule has 0 fully saturated rings. The fourth-order valence-corrected chi connectivity index (χ4v) is 10.1. The summed E-state index contributed by atoms with van der Waals surface area (Å²) < 4.78 is 85.3. The van der Waals surface area contributed by atoms with E-state index in [9.17, 15) is 21.6 Å². The second-order valence-electron chi connectivity index (χ2n) is 9.76. The zero-order valence-electron chi connectivity index (χ0n) is 23.4. The average molecular weight is 632 g/mol. The Labute approximate surface area is 247 Å². The molecule has 9 nitrogen and oxygen atoms in total. The molecule has 3 aromatic carbocycles. The van der Waals surface area contributed by atoms with Crippen molar-refractivity contribution in [1.82, 2.24) is 4.72 Å². The largest absolute Gasteiger partial charge is 0.360 e. The fraction of sp³-hybridized carbons (Fsp3) is 0.300. The van der Waals surface area contributed by atoms with Crippen LogP contribution >= 0.6 is 7.60 Å². The van der Waals surface area contributed by atoms with Crippen LogP contribution in [0, 0.1) is 0 Å². The quantitative estimate of drug-likeness (QED) is 0.164. The third-order valence-electron chi connectivity index (χ3n) is 6.78. The predicted molar refractivity (Wildman–Crippen MR) is 160 cm³/mol. The lowest BCUT2D eigenvalue weighted by Gasteiger charge is -2.40. The standard InChI is InChI=1S/C30H34NO8PS2/c1-3-5-21-38-40(33,39-22-6-4-2)30(31-42(36,37)25-17-11-8-12-18-25)23-28(29(32)26-19-13-14-20-27(26)30)41(34,35)24-15-9-7-10-16-24/h7-20,23,31H,3-6,21-22H2,1-2H3. The van der Waals surface area contributed by atoms with E-state index in [1.165, 1.54) is 66.7 Å². The highest BCUT2D eigenvalue weighted by molar-refractivity contribution is 7.96. The van der Waals surface area contributed by atoms with Crippen molar-refractivity contribution in [3.05, 3.63) is 107 Å². The van der Waals surface area contributed by atoms with Crippen molar-refractivity contribution in [2.45, 2.75) is 54.6 Å². The number of sulfonamides is 1. The molecule has 224 valence electrons. The first-order chi connectivity index (χ1) is 20.0. The number of sulfone groups is 1. The number of ketones is 1. The minimum atomic E-state index is -4.64. The maximum Gasteiger partial charge on any atom is 0.360 e. The lowest BCUT2D eigenvalue weighted by Crippen LogP contribution is -2.48. The first-order valence-corrected chi connectivity index (χ1v) is 18.2. The number of unbranched alkanes of at least 4 members (excludes halogenated alkanes) is 2. The van der Waals surface area contributed by atoms with Crippen molar-refractivity contribution in [3.63, 3.8) is 0 Å². The number of carbonyl (C=O) groups excluding carboxylic acids is 1. The lowest BCUT2D eigenvalue weighted by atomic mass is 9.92. The second-order valence-corrected chi connectivity index (χ2v) is 15.6. The van der Waals surface area contributed by atoms with Crippen molar-refractivity contribution >= 4 is 33.2 Å². The van der Waals surface area contributed by atoms with Crippen molar-refractivity contribution in [3.8, 4) is 0 Å². The Bertz CT molecular complexity index is 1690. The van der Waals surface area contributed by atoms with E-state index in [-0.39, 0.29) is 34.1 Å². The zero-order chi connectivity index (χ0) is 30.4. The molecule has 0 radical (unpaired) electrons. The van der Waals surface area contributed by atoms with Gasteiger partial charge in [0.15, 0.2) is 5.28 Å². The fourth-order valence-electron chi connectivity index (χ4n) is 4.53. The molecule has 0 bridgehead atoms. The molecule has 42 heavy (non-hydrogen) atoms. The first-order valence-electron chi connectivity index (χ1n) is 13.7. The Balaban J connectivity index is 2.08. The summed E-state index contributed by atoms with van der Waals surface area (Å²) in [4.78, 5) is 12.7. The van der Waals surface area contributed by atoms with Crippen LogP contribution in [0.5, 0.6) is 0 Å². The summed E-state index contributed by atoms with van der Waals surface area (Å²) in [6, 6.07) is 20.6. The zero-order valence-corrected chi connectivity index (χ0v) is 26.0. The van der Waals surface area contributed by atoms with Gasteiger partial charge in [0.2, 0.25) is 25.6 Å². The molecule has 3 aromatic rings. The maximum atomic E-state index is 15.1. The van der Waals surface area contributed by atoms with E-state index in [1.54, 1.807) is 18.2 Å². The molecule has 0 heterocycles. The minimum absolute atomic E-state index is 0.0298. The monoisotopic (exact) mass is 631 g/mol. The Hall–Kier alpha value is -2.92. The molecular weight excluding hydrogens is 597 g/mol. The first kappa shape index (κ1) is 32.0. The molecule has 1 aliphatic rings. The number of carbonyl (C=O) groups is 1. The summed E-state index contributed by atoms with van der Waals surface area (Å²) >= 11 is 0. The minimum Gasteiger partial charge on any atom is -0.307 e.